The van der Waals surface area contributed by atoms with Crippen LogP contribution in [0, 0.1) is 0 Å². The largest absolute Gasteiger partial charge is 0.458 e. The van der Waals surface area contributed by atoms with Crippen LogP contribution in [-0.2, 0) is 42.7 Å². The van der Waals surface area contributed by atoms with Crippen LogP contribution in [0.2, 0.25) is 0 Å². The second-order valence-corrected chi connectivity index (χ2v) is 9.34. The molecule has 1 atom stereocenters. The standard InChI is InChI=1S/C27H21N3O8/c1-2-27(36)18-11-20-24-15(12-30(20)25(34)17(18)13-37-26(27)35)9-14-10-16(3-4-19(14)28-24)38-23(33)7-8-29-21(31)5-6-22(29)32/h3-6,9-11,36H,2,7-8,12-13H2,1H3/t27-/m0/s1. The number of imide groups is 1. The van der Waals surface area contributed by atoms with Gasteiger partial charge < -0.3 is 19.1 Å². The number of amides is 2. The van der Waals surface area contributed by atoms with E-state index in [9.17, 15) is 29.1 Å². The number of pyridine rings is 2. The van der Waals surface area contributed by atoms with Gasteiger partial charge in [0.1, 0.15) is 12.4 Å². The molecule has 0 radical (unpaired) electrons. The lowest BCUT2D eigenvalue weighted by Gasteiger charge is -2.31. The summed E-state index contributed by atoms with van der Waals surface area (Å²) in [4.78, 5) is 66.9. The lowest BCUT2D eigenvalue weighted by molar-refractivity contribution is -0.172. The molecular weight excluding hydrogens is 494 g/mol. The number of fused-ring (bicyclic) bond motifs is 5. The van der Waals surface area contributed by atoms with Crippen LogP contribution in [0.3, 0.4) is 0 Å². The van der Waals surface area contributed by atoms with Crippen LogP contribution in [-0.4, -0.2) is 49.9 Å². The normalized spacial score (nSPS) is 19.4. The Morgan fingerprint density at radius 2 is 1.89 bits per heavy atom. The summed E-state index contributed by atoms with van der Waals surface area (Å²) in [7, 11) is 0. The average Bonchev–Trinajstić information content (AvgIpc) is 3.42. The molecule has 0 saturated carbocycles. The van der Waals surface area contributed by atoms with Crippen molar-refractivity contribution in [3.05, 3.63) is 69.5 Å². The second kappa shape index (κ2) is 8.45. The predicted octanol–water partition coefficient (Wildman–Crippen LogP) is 1.30. The molecule has 3 aliphatic rings. The van der Waals surface area contributed by atoms with E-state index in [0.717, 1.165) is 22.6 Å². The third-order valence-corrected chi connectivity index (χ3v) is 7.15. The minimum atomic E-state index is -1.90. The van der Waals surface area contributed by atoms with E-state index in [4.69, 9.17) is 14.5 Å². The number of carbonyl (C=O) groups is 4. The van der Waals surface area contributed by atoms with Crippen molar-refractivity contribution in [1.82, 2.24) is 14.5 Å². The summed E-state index contributed by atoms with van der Waals surface area (Å²) in [5, 5.41) is 11.7. The van der Waals surface area contributed by atoms with E-state index in [1.165, 1.54) is 0 Å². The fourth-order valence-corrected chi connectivity index (χ4v) is 5.06. The van der Waals surface area contributed by atoms with Crippen LogP contribution in [0.4, 0.5) is 0 Å². The number of esters is 2. The Balaban J connectivity index is 1.28. The molecule has 192 valence electrons. The molecule has 5 heterocycles. The lowest BCUT2D eigenvalue weighted by Crippen LogP contribution is -2.44. The number of rotatable bonds is 5. The molecule has 0 unspecified atom stereocenters. The number of benzene rings is 1. The van der Waals surface area contributed by atoms with Gasteiger partial charge in [-0.15, -0.1) is 0 Å². The van der Waals surface area contributed by atoms with Crippen molar-refractivity contribution in [3.63, 3.8) is 0 Å². The van der Waals surface area contributed by atoms with Gasteiger partial charge in [0, 0.05) is 35.2 Å². The molecule has 11 nitrogen and oxygen atoms in total. The third-order valence-electron chi connectivity index (χ3n) is 7.15. The molecule has 1 N–H and O–H groups in total. The molecular formula is C27H21N3O8. The maximum atomic E-state index is 13.3. The van der Waals surface area contributed by atoms with E-state index < -0.39 is 29.4 Å². The van der Waals surface area contributed by atoms with Crippen LogP contribution in [0.1, 0.15) is 36.5 Å². The van der Waals surface area contributed by atoms with Crippen molar-refractivity contribution in [1.29, 1.82) is 0 Å². The summed E-state index contributed by atoms with van der Waals surface area (Å²) in [5.74, 6) is -2.04. The van der Waals surface area contributed by atoms with Gasteiger partial charge in [-0.05, 0) is 36.8 Å². The average molecular weight is 515 g/mol. The quantitative estimate of drug-likeness (QED) is 0.236. The van der Waals surface area contributed by atoms with Gasteiger partial charge in [-0.25, -0.2) is 9.78 Å². The molecule has 2 aromatic heterocycles. The zero-order chi connectivity index (χ0) is 26.8. The van der Waals surface area contributed by atoms with Gasteiger partial charge in [0.25, 0.3) is 17.4 Å². The molecule has 0 spiro atoms. The molecule has 3 aliphatic heterocycles. The van der Waals surface area contributed by atoms with Crippen molar-refractivity contribution in [3.8, 4) is 17.1 Å². The maximum Gasteiger partial charge on any atom is 0.343 e. The fourth-order valence-electron chi connectivity index (χ4n) is 5.06. The zero-order valence-corrected chi connectivity index (χ0v) is 20.2. The molecule has 3 aromatic rings. The lowest BCUT2D eigenvalue weighted by atomic mass is 9.86. The first-order valence-electron chi connectivity index (χ1n) is 12.0. The Hall–Kier alpha value is -4.64. The van der Waals surface area contributed by atoms with Crippen molar-refractivity contribution >= 4 is 34.7 Å². The van der Waals surface area contributed by atoms with Crippen LogP contribution in [0.15, 0.2) is 47.3 Å². The zero-order valence-electron chi connectivity index (χ0n) is 20.2. The minimum absolute atomic E-state index is 0.0583. The first kappa shape index (κ1) is 23.7. The van der Waals surface area contributed by atoms with Gasteiger partial charge in [0.15, 0.2) is 5.60 Å². The van der Waals surface area contributed by atoms with E-state index in [2.05, 4.69) is 0 Å². The van der Waals surface area contributed by atoms with E-state index in [1.54, 1.807) is 35.8 Å². The number of hydrogen-bond acceptors (Lipinski definition) is 9. The van der Waals surface area contributed by atoms with Crippen LogP contribution >= 0.6 is 0 Å². The van der Waals surface area contributed by atoms with Crippen LogP contribution in [0.25, 0.3) is 22.3 Å². The molecule has 0 saturated heterocycles. The van der Waals surface area contributed by atoms with Crippen molar-refractivity contribution < 1.29 is 33.8 Å². The maximum absolute atomic E-state index is 13.3. The molecule has 1 aromatic carbocycles. The van der Waals surface area contributed by atoms with E-state index >= 15 is 0 Å². The fraction of sp³-hybridized carbons (Fsp3) is 0.259. The Morgan fingerprint density at radius 3 is 2.63 bits per heavy atom. The molecule has 38 heavy (non-hydrogen) atoms. The highest BCUT2D eigenvalue weighted by Crippen LogP contribution is 2.38. The van der Waals surface area contributed by atoms with Crippen LogP contribution in [0.5, 0.6) is 5.75 Å². The van der Waals surface area contributed by atoms with E-state index in [1.807, 2.05) is 6.07 Å². The number of aromatic nitrogens is 2. The summed E-state index contributed by atoms with van der Waals surface area (Å²) < 4.78 is 12.0. The Kier molecular flexibility index (Phi) is 5.28. The summed E-state index contributed by atoms with van der Waals surface area (Å²) >= 11 is 0. The number of hydrogen-bond donors (Lipinski definition) is 1. The van der Waals surface area contributed by atoms with E-state index in [-0.39, 0.29) is 55.0 Å². The van der Waals surface area contributed by atoms with Gasteiger partial charge in [0.2, 0.25) is 0 Å². The number of carbonyl (C=O) groups excluding carboxylic acids is 4. The highest BCUT2D eigenvalue weighted by atomic mass is 16.6. The summed E-state index contributed by atoms with van der Waals surface area (Å²) in [6.07, 6.45) is 2.21. The van der Waals surface area contributed by atoms with Gasteiger partial charge in [-0.1, -0.05) is 6.92 Å². The van der Waals surface area contributed by atoms with Crippen LogP contribution < -0.4 is 10.3 Å². The minimum Gasteiger partial charge on any atom is -0.458 e. The SMILES string of the molecule is CC[C@@]1(O)C(=O)OCc2c1cc1n(c2=O)Cc2cc3cc(OC(=O)CCN4C(=O)C=CC4=O)ccc3nc2-1. The number of aliphatic hydroxyl groups is 1. The molecule has 11 heteroatoms. The summed E-state index contributed by atoms with van der Waals surface area (Å²) in [5.41, 5.74) is 0.662. The molecule has 0 fully saturated rings. The third kappa shape index (κ3) is 3.54. The highest BCUT2D eigenvalue weighted by molar-refractivity contribution is 6.13. The predicted molar refractivity (Wildman–Crippen MR) is 131 cm³/mol. The first-order valence-corrected chi connectivity index (χ1v) is 12.0. The summed E-state index contributed by atoms with van der Waals surface area (Å²) in [6.45, 7) is 1.61. The molecule has 0 aliphatic carbocycles. The van der Waals surface area contributed by atoms with Gasteiger partial charge >= 0.3 is 11.9 Å². The summed E-state index contributed by atoms with van der Waals surface area (Å²) in [6, 6.07) is 8.39. The Morgan fingerprint density at radius 1 is 1.13 bits per heavy atom. The first-order chi connectivity index (χ1) is 18.2. The molecule has 6 rings (SSSR count). The van der Waals surface area contributed by atoms with E-state index in [0.29, 0.717) is 22.3 Å². The van der Waals surface area contributed by atoms with Gasteiger partial charge in [0.05, 0.1) is 35.4 Å². The van der Waals surface area contributed by atoms with Crippen molar-refractivity contribution in [2.24, 2.45) is 0 Å². The number of nitrogens with zero attached hydrogens (tertiary/aromatic N) is 3. The molecule has 2 amide bonds. The number of ether oxygens (including phenoxy) is 2. The Labute approximate surface area is 214 Å². The number of cyclic esters (lactones) is 1. The topological polar surface area (TPSA) is 145 Å². The monoisotopic (exact) mass is 515 g/mol. The highest BCUT2D eigenvalue weighted by Gasteiger charge is 2.45. The molecule has 0 bridgehead atoms. The van der Waals surface area contributed by atoms with Gasteiger partial charge in [-0.2, -0.15) is 0 Å². The Bertz CT molecular complexity index is 1670. The van der Waals surface area contributed by atoms with Crippen molar-refractivity contribution in [2.45, 2.75) is 38.5 Å². The van der Waals surface area contributed by atoms with Gasteiger partial charge in [-0.3, -0.25) is 24.1 Å². The van der Waals surface area contributed by atoms with Crippen molar-refractivity contribution in [2.75, 3.05) is 6.54 Å². The smallest absolute Gasteiger partial charge is 0.343 e. The second-order valence-electron chi connectivity index (χ2n) is 9.34.